The fourth-order valence-electron chi connectivity index (χ4n) is 2.80. The molecule has 1 atom stereocenters. The van der Waals surface area contributed by atoms with E-state index >= 15 is 0 Å². The minimum Gasteiger partial charge on any atom is -0.464 e. The van der Waals surface area contributed by atoms with E-state index < -0.39 is 5.97 Å². The molecule has 1 unspecified atom stereocenters. The monoisotopic (exact) mass is 310 g/mol. The lowest BCUT2D eigenvalue weighted by molar-refractivity contribution is 0.0591. The van der Waals surface area contributed by atoms with Gasteiger partial charge in [0, 0.05) is 13.0 Å². The van der Waals surface area contributed by atoms with Crippen molar-refractivity contribution < 1.29 is 14.3 Å². The molecule has 0 aromatic carbocycles. The third kappa shape index (κ3) is 3.81. The molecular formula is C15H22N2O3S. The van der Waals surface area contributed by atoms with Crippen molar-refractivity contribution in [2.75, 3.05) is 12.4 Å². The quantitative estimate of drug-likeness (QED) is 0.666. The first-order valence-corrected chi connectivity index (χ1v) is 8.21. The summed E-state index contributed by atoms with van der Waals surface area (Å²) in [5.41, 5.74) is 0.119. The van der Waals surface area contributed by atoms with E-state index in [1.54, 1.807) is 0 Å². The summed E-state index contributed by atoms with van der Waals surface area (Å²) in [4.78, 5) is 27.9. The summed E-state index contributed by atoms with van der Waals surface area (Å²) >= 11 is 1.23. The molecule has 5 nitrogen and oxygen atoms in total. The van der Waals surface area contributed by atoms with Gasteiger partial charge in [0.25, 0.3) is 0 Å². The lowest BCUT2D eigenvalue weighted by Crippen LogP contribution is -2.27. The second-order valence-corrected chi connectivity index (χ2v) is 6.57. The van der Waals surface area contributed by atoms with Crippen molar-refractivity contribution in [1.29, 1.82) is 0 Å². The number of nitrogens with one attached hydrogen (secondary N) is 1. The molecule has 1 heterocycles. The Kier molecular flexibility index (Phi) is 5.33. The van der Waals surface area contributed by atoms with Gasteiger partial charge in [-0.1, -0.05) is 30.6 Å². The van der Waals surface area contributed by atoms with Gasteiger partial charge in [-0.3, -0.25) is 4.79 Å². The van der Waals surface area contributed by atoms with Crippen LogP contribution in [0.15, 0.2) is 0 Å². The number of carbonyl (C=O) groups excluding carboxylic acids is 2. The molecule has 116 valence electrons. The molecule has 1 fully saturated rings. The molecule has 1 N–H and O–H groups in total. The van der Waals surface area contributed by atoms with E-state index in [2.05, 4.69) is 22.0 Å². The highest BCUT2D eigenvalue weighted by atomic mass is 32.1. The maximum atomic E-state index is 11.7. The second-order valence-electron chi connectivity index (χ2n) is 5.58. The van der Waals surface area contributed by atoms with Crippen LogP contribution in [0.2, 0.25) is 0 Å². The number of esters is 1. The van der Waals surface area contributed by atoms with E-state index in [0.717, 1.165) is 0 Å². The Morgan fingerprint density at radius 3 is 2.57 bits per heavy atom. The molecule has 1 aromatic rings. The van der Waals surface area contributed by atoms with Gasteiger partial charge in [0.1, 0.15) is 4.88 Å². The van der Waals surface area contributed by atoms with Crippen LogP contribution >= 0.6 is 11.3 Å². The van der Waals surface area contributed by atoms with Crippen LogP contribution in [0.3, 0.4) is 0 Å². The van der Waals surface area contributed by atoms with Crippen LogP contribution in [-0.4, -0.2) is 29.9 Å². The number of ketones is 1. The zero-order valence-electron chi connectivity index (χ0n) is 12.8. The molecule has 2 rings (SSSR count). The molecular weight excluding hydrogens is 288 g/mol. The maximum absolute atomic E-state index is 11.7. The van der Waals surface area contributed by atoms with Crippen molar-refractivity contribution in [3.05, 3.63) is 10.6 Å². The zero-order chi connectivity index (χ0) is 15.4. The Labute approximate surface area is 129 Å². The Morgan fingerprint density at radius 2 is 2.00 bits per heavy atom. The summed E-state index contributed by atoms with van der Waals surface area (Å²) in [6.07, 6.45) is 6.33. The summed E-state index contributed by atoms with van der Waals surface area (Å²) in [5.74, 6) is -0.0916. The molecule has 0 aliphatic heterocycles. The minimum absolute atomic E-state index is 0.119. The van der Waals surface area contributed by atoms with Gasteiger partial charge in [-0.2, -0.15) is 0 Å². The fraction of sp³-hybridized carbons (Fsp3) is 0.667. The normalized spacial score (nSPS) is 17.3. The number of aromatic nitrogens is 1. The summed E-state index contributed by atoms with van der Waals surface area (Å²) < 4.78 is 4.69. The van der Waals surface area contributed by atoms with Crippen molar-refractivity contribution in [2.45, 2.75) is 52.0 Å². The molecule has 0 radical (unpaired) electrons. The molecule has 0 spiro atoms. The van der Waals surface area contributed by atoms with E-state index in [1.165, 1.54) is 57.5 Å². The number of carbonyl (C=O) groups is 2. The predicted molar refractivity (Wildman–Crippen MR) is 83.1 cm³/mol. The maximum Gasteiger partial charge on any atom is 0.358 e. The molecule has 0 saturated heterocycles. The van der Waals surface area contributed by atoms with Crippen LogP contribution in [0.4, 0.5) is 5.13 Å². The van der Waals surface area contributed by atoms with Crippen molar-refractivity contribution in [1.82, 2.24) is 4.98 Å². The average molecular weight is 310 g/mol. The molecule has 0 amide bonds. The lowest BCUT2D eigenvalue weighted by atomic mass is 9.85. The van der Waals surface area contributed by atoms with E-state index in [9.17, 15) is 9.59 Å². The van der Waals surface area contributed by atoms with Crippen LogP contribution < -0.4 is 5.32 Å². The van der Waals surface area contributed by atoms with E-state index in [4.69, 9.17) is 0 Å². The van der Waals surface area contributed by atoms with Crippen molar-refractivity contribution in [3.63, 3.8) is 0 Å². The third-order valence-electron chi connectivity index (χ3n) is 4.03. The third-order valence-corrected chi connectivity index (χ3v) is 5.12. The van der Waals surface area contributed by atoms with Crippen molar-refractivity contribution >= 4 is 28.2 Å². The van der Waals surface area contributed by atoms with Gasteiger partial charge < -0.3 is 10.1 Å². The molecule has 1 aliphatic carbocycles. The number of Topliss-reactive ketones (excluding diaryl/α,β-unsaturated/α-hetero) is 1. The van der Waals surface area contributed by atoms with Crippen molar-refractivity contribution in [3.8, 4) is 0 Å². The largest absolute Gasteiger partial charge is 0.464 e. The van der Waals surface area contributed by atoms with Gasteiger partial charge in [0.2, 0.25) is 0 Å². The predicted octanol–water partition coefficient (Wildman–Crippen LogP) is 3.51. The molecule has 1 aromatic heterocycles. The Morgan fingerprint density at radius 1 is 1.33 bits per heavy atom. The summed E-state index contributed by atoms with van der Waals surface area (Å²) in [6.45, 7) is 3.58. The molecule has 0 bridgehead atoms. The van der Waals surface area contributed by atoms with E-state index in [0.29, 0.717) is 22.0 Å². The summed E-state index contributed by atoms with van der Waals surface area (Å²) in [7, 11) is 1.29. The zero-order valence-corrected chi connectivity index (χ0v) is 13.6. The molecule has 1 saturated carbocycles. The number of nitrogens with zero attached hydrogens (tertiary/aromatic N) is 1. The topological polar surface area (TPSA) is 68.3 Å². The van der Waals surface area contributed by atoms with Crippen molar-refractivity contribution in [2.24, 2.45) is 5.92 Å². The Bertz CT molecular complexity index is 521. The smallest absolute Gasteiger partial charge is 0.358 e. The summed E-state index contributed by atoms with van der Waals surface area (Å²) in [5, 5.41) is 3.98. The van der Waals surface area contributed by atoms with Gasteiger partial charge >= 0.3 is 5.97 Å². The number of thiazole rings is 1. The highest BCUT2D eigenvalue weighted by Gasteiger charge is 2.25. The van der Waals surface area contributed by atoms with Gasteiger partial charge in [0.15, 0.2) is 16.6 Å². The van der Waals surface area contributed by atoms with E-state index in [1.807, 2.05) is 0 Å². The van der Waals surface area contributed by atoms with Gasteiger partial charge in [0.05, 0.1) is 7.11 Å². The number of anilines is 1. The van der Waals surface area contributed by atoms with Gasteiger partial charge in [-0.05, 0) is 25.7 Å². The molecule has 1 aliphatic rings. The SMILES string of the molecule is COC(=O)c1nc(NC(C)C2CCCCC2)sc1C(C)=O. The fourth-order valence-corrected chi connectivity index (χ4v) is 3.75. The number of methoxy groups -OCH3 is 1. The molecule has 6 heteroatoms. The van der Waals surface area contributed by atoms with Crippen LogP contribution in [-0.2, 0) is 4.74 Å². The first-order valence-electron chi connectivity index (χ1n) is 7.39. The number of ether oxygens (including phenoxy) is 1. The van der Waals surface area contributed by atoms with Crippen LogP contribution in [0.5, 0.6) is 0 Å². The standard InChI is InChI=1S/C15H22N2O3S/c1-9(11-7-5-4-6-8-11)16-15-17-12(14(19)20-3)13(21-15)10(2)18/h9,11H,4-8H2,1-3H3,(H,16,17). The highest BCUT2D eigenvalue weighted by molar-refractivity contribution is 7.17. The van der Waals surface area contributed by atoms with Crippen LogP contribution in [0.1, 0.15) is 66.1 Å². The average Bonchev–Trinajstić information content (AvgIpc) is 2.91. The highest BCUT2D eigenvalue weighted by Crippen LogP contribution is 2.30. The van der Waals surface area contributed by atoms with Gasteiger partial charge in [-0.15, -0.1) is 0 Å². The molecule has 21 heavy (non-hydrogen) atoms. The number of hydrogen-bond donors (Lipinski definition) is 1. The van der Waals surface area contributed by atoms with Crippen LogP contribution in [0.25, 0.3) is 0 Å². The number of rotatable bonds is 5. The van der Waals surface area contributed by atoms with Gasteiger partial charge in [-0.25, -0.2) is 9.78 Å². The Balaban J connectivity index is 2.12. The summed E-state index contributed by atoms with van der Waals surface area (Å²) in [6, 6.07) is 0.293. The first kappa shape index (κ1) is 15.9. The van der Waals surface area contributed by atoms with Crippen LogP contribution in [0, 0.1) is 5.92 Å². The second kappa shape index (κ2) is 7.02. The number of hydrogen-bond acceptors (Lipinski definition) is 6. The van der Waals surface area contributed by atoms with E-state index in [-0.39, 0.29) is 11.5 Å². The lowest BCUT2D eigenvalue weighted by Gasteiger charge is -2.28. The Hall–Kier alpha value is -1.43. The minimum atomic E-state index is -0.560. The first-order chi connectivity index (χ1) is 10.0.